The lowest BCUT2D eigenvalue weighted by Crippen LogP contribution is -2.18. The Labute approximate surface area is 125 Å². The number of rotatable bonds is 5. The van der Waals surface area contributed by atoms with E-state index in [1.807, 2.05) is 41.8 Å². The predicted octanol–water partition coefficient (Wildman–Crippen LogP) is 3.40. The van der Waals surface area contributed by atoms with Gasteiger partial charge in [-0.1, -0.05) is 29.8 Å². The number of amides is 1. The fraction of sp³-hybridized carbons (Fsp3) is 0.143. The maximum atomic E-state index is 10.9. The van der Waals surface area contributed by atoms with Crippen molar-refractivity contribution in [1.29, 1.82) is 0 Å². The largest absolute Gasteiger partial charge is 0.289 e. The molecule has 0 saturated heterocycles. The molecule has 1 aromatic heterocycles. The highest BCUT2D eigenvalue weighted by atomic mass is 35.5. The standard InChI is InChI=1S/C14H13ClN2O2S/c15-11-4-1-10(2-5-11)3-8-14-16-12(9-20-14)6-7-13(18)17-19/h1-5,8-9,19H,6-7H2,(H,17,18)/b8-3+. The lowest BCUT2D eigenvalue weighted by molar-refractivity contribution is -0.129. The Morgan fingerprint density at radius 2 is 2.10 bits per heavy atom. The maximum Gasteiger partial charge on any atom is 0.243 e. The first-order chi connectivity index (χ1) is 9.67. The highest BCUT2D eigenvalue weighted by Crippen LogP contribution is 2.16. The van der Waals surface area contributed by atoms with Gasteiger partial charge in [0.25, 0.3) is 0 Å². The van der Waals surface area contributed by atoms with Crippen LogP contribution in [0.3, 0.4) is 0 Å². The lowest BCUT2D eigenvalue weighted by atomic mass is 10.2. The molecular formula is C14H13ClN2O2S. The lowest BCUT2D eigenvalue weighted by Gasteiger charge is -1.95. The third-order valence-electron chi connectivity index (χ3n) is 2.59. The fourth-order valence-electron chi connectivity index (χ4n) is 1.55. The molecule has 0 aliphatic heterocycles. The summed E-state index contributed by atoms with van der Waals surface area (Å²) in [6.45, 7) is 0. The second-order valence-electron chi connectivity index (χ2n) is 4.10. The van der Waals surface area contributed by atoms with Crippen molar-refractivity contribution >= 4 is 41.0 Å². The minimum Gasteiger partial charge on any atom is -0.289 e. The molecule has 1 amide bonds. The summed E-state index contributed by atoms with van der Waals surface area (Å²) in [5.41, 5.74) is 3.49. The van der Waals surface area contributed by atoms with Crippen molar-refractivity contribution in [1.82, 2.24) is 10.5 Å². The van der Waals surface area contributed by atoms with Crippen LogP contribution in [0.15, 0.2) is 29.6 Å². The van der Waals surface area contributed by atoms with Crippen molar-refractivity contribution in [2.45, 2.75) is 12.8 Å². The van der Waals surface area contributed by atoms with E-state index in [0.29, 0.717) is 11.4 Å². The van der Waals surface area contributed by atoms with Crippen LogP contribution >= 0.6 is 22.9 Å². The fourth-order valence-corrected chi connectivity index (χ4v) is 2.42. The Kier molecular flexibility index (Phi) is 5.29. The average Bonchev–Trinajstić information content (AvgIpc) is 2.92. The molecule has 0 bridgehead atoms. The topological polar surface area (TPSA) is 62.2 Å². The highest BCUT2D eigenvalue weighted by molar-refractivity contribution is 7.10. The molecule has 0 atom stereocenters. The second-order valence-corrected chi connectivity index (χ2v) is 5.42. The van der Waals surface area contributed by atoms with E-state index >= 15 is 0 Å². The molecule has 6 heteroatoms. The third kappa shape index (κ3) is 4.45. The number of benzene rings is 1. The van der Waals surface area contributed by atoms with Gasteiger partial charge in [-0.25, -0.2) is 10.5 Å². The van der Waals surface area contributed by atoms with Gasteiger partial charge in [-0.3, -0.25) is 10.0 Å². The summed E-state index contributed by atoms with van der Waals surface area (Å²) in [5, 5.41) is 11.9. The third-order valence-corrected chi connectivity index (χ3v) is 3.70. The quantitative estimate of drug-likeness (QED) is 0.657. The van der Waals surface area contributed by atoms with E-state index < -0.39 is 5.91 Å². The molecule has 0 fully saturated rings. The number of aromatic nitrogens is 1. The molecule has 2 N–H and O–H groups in total. The zero-order chi connectivity index (χ0) is 14.4. The van der Waals surface area contributed by atoms with Crippen molar-refractivity contribution in [3.8, 4) is 0 Å². The first-order valence-electron chi connectivity index (χ1n) is 5.98. The predicted molar refractivity (Wildman–Crippen MR) is 80.7 cm³/mol. The summed E-state index contributed by atoms with van der Waals surface area (Å²) in [6.07, 6.45) is 4.61. The number of halogens is 1. The van der Waals surface area contributed by atoms with Gasteiger partial charge in [0.2, 0.25) is 5.91 Å². The molecule has 0 aliphatic carbocycles. The Morgan fingerprint density at radius 3 is 2.80 bits per heavy atom. The molecule has 2 aromatic rings. The van der Waals surface area contributed by atoms with Crippen LogP contribution < -0.4 is 5.48 Å². The van der Waals surface area contributed by atoms with E-state index in [-0.39, 0.29) is 6.42 Å². The van der Waals surface area contributed by atoms with Crippen LogP contribution in [0, 0.1) is 0 Å². The van der Waals surface area contributed by atoms with E-state index in [1.165, 1.54) is 11.3 Å². The van der Waals surface area contributed by atoms with Crippen molar-refractivity contribution in [3.05, 3.63) is 50.9 Å². The zero-order valence-electron chi connectivity index (χ0n) is 10.5. The summed E-state index contributed by atoms with van der Waals surface area (Å²) in [6, 6.07) is 7.53. The Morgan fingerprint density at radius 1 is 1.35 bits per heavy atom. The second kappa shape index (κ2) is 7.19. The minimum atomic E-state index is -0.406. The van der Waals surface area contributed by atoms with Crippen LogP contribution in [0.25, 0.3) is 12.2 Å². The number of nitrogens with zero attached hydrogens (tertiary/aromatic N) is 1. The molecule has 4 nitrogen and oxygen atoms in total. The van der Waals surface area contributed by atoms with Gasteiger partial charge in [0.1, 0.15) is 5.01 Å². The molecule has 0 unspecified atom stereocenters. The Balaban J connectivity index is 1.95. The molecule has 0 aliphatic rings. The van der Waals surface area contributed by atoms with Gasteiger partial charge in [-0.2, -0.15) is 0 Å². The van der Waals surface area contributed by atoms with Gasteiger partial charge >= 0.3 is 0 Å². The van der Waals surface area contributed by atoms with Crippen LogP contribution in [0.1, 0.15) is 22.7 Å². The van der Waals surface area contributed by atoms with Crippen LogP contribution in [0.5, 0.6) is 0 Å². The van der Waals surface area contributed by atoms with Crippen molar-refractivity contribution in [3.63, 3.8) is 0 Å². The number of thiazole rings is 1. The van der Waals surface area contributed by atoms with Gasteiger partial charge in [0, 0.05) is 16.8 Å². The molecule has 1 aromatic carbocycles. The minimum absolute atomic E-state index is 0.223. The van der Waals surface area contributed by atoms with Crippen LogP contribution in [0.2, 0.25) is 5.02 Å². The van der Waals surface area contributed by atoms with Crippen LogP contribution in [0.4, 0.5) is 0 Å². The van der Waals surface area contributed by atoms with E-state index in [9.17, 15) is 4.79 Å². The summed E-state index contributed by atoms with van der Waals surface area (Å²) in [4.78, 5) is 15.3. The van der Waals surface area contributed by atoms with E-state index in [2.05, 4.69) is 4.98 Å². The summed E-state index contributed by atoms with van der Waals surface area (Å²) in [7, 11) is 0. The number of nitrogens with one attached hydrogen (secondary N) is 1. The SMILES string of the molecule is O=C(CCc1csc(/C=C/c2ccc(Cl)cc2)n1)NO. The first kappa shape index (κ1) is 14.7. The summed E-state index contributed by atoms with van der Waals surface area (Å²) >= 11 is 7.33. The van der Waals surface area contributed by atoms with Gasteiger partial charge in [-0.05, 0) is 30.2 Å². The molecule has 1 heterocycles. The summed E-state index contributed by atoms with van der Waals surface area (Å²) < 4.78 is 0. The maximum absolute atomic E-state index is 10.9. The molecule has 2 rings (SSSR count). The number of hydrogen-bond acceptors (Lipinski definition) is 4. The number of hydroxylamine groups is 1. The molecule has 0 saturated carbocycles. The molecule has 20 heavy (non-hydrogen) atoms. The van der Waals surface area contributed by atoms with Crippen LogP contribution in [-0.2, 0) is 11.2 Å². The molecule has 0 spiro atoms. The normalized spacial score (nSPS) is 10.9. The van der Waals surface area contributed by atoms with Crippen molar-refractivity contribution in [2.75, 3.05) is 0 Å². The van der Waals surface area contributed by atoms with E-state index in [1.54, 1.807) is 5.48 Å². The summed E-state index contributed by atoms with van der Waals surface area (Å²) in [5.74, 6) is -0.406. The highest BCUT2D eigenvalue weighted by Gasteiger charge is 2.03. The first-order valence-corrected chi connectivity index (χ1v) is 7.24. The van der Waals surface area contributed by atoms with Crippen molar-refractivity contribution in [2.24, 2.45) is 0 Å². The number of carbonyl (C=O) groups excluding carboxylic acids is 1. The Hall–Kier alpha value is -1.69. The number of hydrogen-bond donors (Lipinski definition) is 2. The average molecular weight is 309 g/mol. The van der Waals surface area contributed by atoms with Crippen LogP contribution in [-0.4, -0.2) is 16.1 Å². The van der Waals surface area contributed by atoms with Gasteiger partial charge in [0.15, 0.2) is 0 Å². The molecule has 104 valence electrons. The van der Waals surface area contributed by atoms with Gasteiger partial charge < -0.3 is 0 Å². The number of aryl methyl sites for hydroxylation is 1. The van der Waals surface area contributed by atoms with Crippen molar-refractivity contribution < 1.29 is 10.0 Å². The van der Waals surface area contributed by atoms with Gasteiger partial charge in [0.05, 0.1) is 5.69 Å². The zero-order valence-corrected chi connectivity index (χ0v) is 12.1. The number of carbonyl (C=O) groups is 1. The molecular weight excluding hydrogens is 296 g/mol. The van der Waals surface area contributed by atoms with E-state index in [4.69, 9.17) is 16.8 Å². The monoisotopic (exact) mass is 308 g/mol. The van der Waals surface area contributed by atoms with Gasteiger partial charge in [-0.15, -0.1) is 11.3 Å². The molecule has 0 radical (unpaired) electrons. The Bertz CT molecular complexity index is 608. The smallest absolute Gasteiger partial charge is 0.243 e. The van der Waals surface area contributed by atoms with E-state index in [0.717, 1.165) is 16.3 Å².